The van der Waals surface area contributed by atoms with Gasteiger partial charge < -0.3 is 0 Å². The van der Waals surface area contributed by atoms with Gasteiger partial charge in [0, 0.05) is 28.1 Å². The highest BCUT2D eigenvalue weighted by molar-refractivity contribution is 7.10. The number of halogens is 1. The minimum Gasteiger partial charge on any atom is -0.294 e. The molecule has 0 aromatic carbocycles. The zero-order valence-corrected chi connectivity index (χ0v) is 8.54. The predicted molar refractivity (Wildman–Crippen MR) is 53.3 cm³/mol. The number of rotatable bonds is 4. The summed E-state index contributed by atoms with van der Waals surface area (Å²) in [5, 5.41) is 1.91. The summed E-state index contributed by atoms with van der Waals surface area (Å²) in [7, 11) is 0. The molecule has 0 aliphatic carbocycles. The molecule has 0 amide bonds. The number of carbonyl (C=O) groups excluding carboxylic acids is 1. The van der Waals surface area contributed by atoms with Crippen molar-refractivity contribution in [1.29, 1.82) is 0 Å². The summed E-state index contributed by atoms with van der Waals surface area (Å²) in [5.41, 5.74) is 0.836. The van der Waals surface area contributed by atoms with E-state index in [1.54, 1.807) is 11.3 Å². The van der Waals surface area contributed by atoms with Crippen LogP contribution in [0.1, 0.15) is 28.1 Å². The monoisotopic (exact) mass is 202 g/mol. The Hall–Kier alpha value is -0.340. The first-order valence-corrected chi connectivity index (χ1v) is 5.29. The third-order valence-corrected chi connectivity index (χ3v) is 2.72. The molecule has 0 saturated carbocycles. The van der Waals surface area contributed by atoms with Crippen molar-refractivity contribution in [2.45, 2.75) is 19.8 Å². The zero-order chi connectivity index (χ0) is 8.97. The number of thiophene rings is 1. The molecule has 0 atom stereocenters. The van der Waals surface area contributed by atoms with Gasteiger partial charge in [-0.25, -0.2) is 0 Å². The van der Waals surface area contributed by atoms with Crippen molar-refractivity contribution in [3.8, 4) is 0 Å². The van der Waals surface area contributed by atoms with Crippen LogP contribution in [0.5, 0.6) is 0 Å². The van der Waals surface area contributed by atoms with Gasteiger partial charge >= 0.3 is 0 Å². The largest absolute Gasteiger partial charge is 0.294 e. The minimum atomic E-state index is 0.208. The molecule has 0 aliphatic rings. The number of hydrogen-bond donors (Lipinski definition) is 0. The molecule has 1 aromatic heterocycles. The Morgan fingerprint density at radius 2 is 2.42 bits per heavy atom. The molecular formula is C9H11ClOS. The van der Waals surface area contributed by atoms with Crippen molar-refractivity contribution in [3.63, 3.8) is 0 Å². The van der Waals surface area contributed by atoms with Gasteiger partial charge in [-0.2, -0.15) is 0 Å². The van der Waals surface area contributed by atoms with Crippen LogP contribution < -0.4 is 0 Å². The Balaban J connectivity index is 2.53. The fourth-order valence-electron chi connectivity index (χ4n) is 0.961. The van der Waals surface area contributed by atoms with Crippen molar-refractivity contribution in [3.05, 3.63) is 21.9 Å². The maximum absolute atomic E-state index is 11.4. The third-order valence-electron chi connectivity index (χ3n) is 1.59. The molecule has 12 heavy (non-hydrogen) atoms. The van der Waals surface area contributed by atoms with E-state index < -0.39 is 0 Å². The lowest BCUT2D eigenvalue weighted by molar-refractivity contribution is 0.0982. The van der Waals surface area contributed by atoms with Crippen LogP contribution in [-0.2, 0) is 0 Å². The molecule has 1 heterocycles. The molecule has 0 radical (unpaired) electrons. The smallest absolute Gasteiger partial charge is 0.163 e. The van der Waals surface area contributed by atoms with Gasteiger partial charge in [0.05, 0.1) is 0 Å². The minimum absolute atomic E-state index is 0.208. The summed E-state index contributed by atoms with van der Waals surface area (Å²) in [5.74, 6) is 0.773. The third kappa shape index (κ3) is 2.61. The highest BCUT2D eigenvalue weighted by Gasteiger charge is 2.05. The van der Waals surface area contributed by atoms with Gasteiger partial charge in [0.15, 0.2) is 5.78 Å². The topological polar surface area (TPSA) is 17.1 Å². The Bertz CT molecular complexity index is 267. The summed E-state index contributed by atoms with van der Waals surface area (Å²) >= 11 is 7.10. The lowest BCUT2D eigenvalue weighted by Gasteiger charge is -1.93. The fraction of sp³-hybridized carbons (Fsp3) is 0.444. The van der Waals surface area contributed by atoms with Gasteiger partial charge in [-0.15, -0.1) is 22.9 Å². The standard InChI is InChI=1S/C9H11ClOS/c1-7-5-8(6-12-7)9(11)3-2-4-10/h5-6H,2-4H2,1H3. The Labute approximate surface area is 81.4 Å². The lowest BCUT2D eigenvalue weighted by Crippen LogP contribution is -1.96. The summed E-state index contributed by atoms with van der Waals surface area (Å²) in [6, 6.07) is 1.93. The van der Waals surface area contributed by atoms with Crippen LogP contribution in [0.3, 0.4) is 0 Å². The van der Waals surface area contributed by atoms with E-state index in [4.69, 9.17) is 11.6 Å². The number of hydrogen-bond acceptors (Lipinski definition) is 2. The van der Waals surface area contributed by atoms with Crippen LogP contribution in [0.15, 0.2) is 11.4 Å². The normalized spacial score (nSPS) is 10.2. The molecule has 0 unspecified atom stereocenters. The summed E-state index contributed by atoms with van der Waals surface area (Å²) in [6.45, 7) is 2.00. The van der Waals surface area contributed by atoms with Gasteiger partial charge in [-0.05, 0) is 19.4 Å². The number of carbonyl (C=O) groups is 1. The number of Topliss-reactive ketones (excluding diaryl/α,β-unsaturated/α-hetero) is 1. The summed E-state index contributed by atoms with van der Waals surface area (Å²) in [4.78, 5) is 12.5. The first kappa shape index (κ1) is 9.75. The Kier molecular flexibility index (Phi) is 3.76. The van der Waals surface area contributed by atoms with E-state index in [-0.39, 0.29) is 5.78 Å². The molecule has 0 N–H and O–H groups in total. The van der Waals surface area contributed by atoms with Crippen molar-refractivity contribution in [2.75, 3.05) is 5.88 Å². The first-order valence-electron chi connectivity index (χ1n) is 3.88. The number of ketones is 1. The van der Waals surface area contributed by atoms with Gasteiger partial charge in [0.25, 0.3) is 0 Å². The van der Waals surface area contributed by atoms with E-state index >= 15 is 0 Å². The maximum Gasteiger partial charge on any atom is 0.163 e. The second-order valence-electron chi connectivity index (χ2n) is 2.66. The molecule has 0 spiro atoms. The van der Waals surface area contributed by atoms with Gasteiger partial charge in [0.1, 0.15) is 0 Å². The van der Waals surface area contributed by atoms with Crippen LogP contribution >= 0.6 is 22.9 Å². The molecule has 0 saturated heterocycles. The second kappa shape index (κ2) is 4.63. The first-order chi connectivity index (χ1) is 5.74. The Morgan fingerprint density at radius 1 is 1.67 bits per heavy atom. The molecule has 0 fully saturated rings. The summed E-state index contributed by atoms with van der Waals surface area (Å²) in [6.07, 6.45) is 1.34. The SMILES string of the molecule is Cc1cc(C(=O)CCCCl)cs1. The average Bonchev–Trinajstić information content (AvgIpc) is 2.47. The predicted octanol–water partition coefficient (Wildman–Crippen LogP) is 3.26. The van der Waals surface area contributed by atoms with E-state index in [2.05, 4.69) is 0 Å². The van der Waals surface area contributed by atoms with Crippen LogP contribution in [-0.4, -0.2) is 11.7 Å². The van der Waals surface area contributed by atoms with Gasteiger partial charge in [-0.1, -0.05) is 0 Å². The van der Waals surface area contributed by atoms with Crippen LogP contribution in [0.2, 0.25) is 0 Å². The fourth-order valence-corrected chi connectivity index (χ4v) is 1.80. The van der Waals surface area contributed by atoms with E-state index in [0.29, 0.717) is 12.3 Å². The molecule has 0 aliphatic heterocycles. The van der Waals surface area contributed by atoms with E-state index in [1.165, 1.54) is 4.88 Å². The quantitative estimate of drug-likeness (QED) is 0.541. The van der Waals surface area contributed by atoms with Gasteiger partial charge in [0.2, 0.25) is 0 Å². The molecule has 1 rings (SSSR count). The van der Waals surface area contributed by atoms with Crippen LogP contribution in [0, 0.1) is 6.92 Å². The van der Waals surface area contributed by atoms with Crippen LogP contribution in [0.25, 0.3) is 0 Å². The molecule has 1 nitrogen and oxygen atoms in total. The Morgan fingerprint density at radius 3 is 2.92 bits per heavy atom. The highest BCUT2D eigenvalue weighted by Crippen LogP contribution is 2.15. The zero-order valence-electron chi connectivity index (χ0n) is 6.97. The summed E-state index contributed by atoms with van der Waals surface area (Å²) < 4.78 is 0. The highest BCUT2D eigenvalue weighted by atomic mass is 35.5. The maximum atomic E-state index is 11.4. The molecular weight excluding hydrogens is 192 g/mol. The second-order valence-corrected chi connectivity index (χ2v) is 4.16. The molecule has 1 aromatic rings. The molecule has 0 bridgehead atoms. The molecule has 3 heteroatoms. The van der Waals surface area contributed by atoms with Gasteiger partial charge in [-0.3, -0.25) is 4.79 Å². The lowest BCUT2D eigenvalue weighted by atomic mass is 10.1. The van der Waals surface area contributed by atoms with Crippen molar-refractivity contribution >= 4 is 28.7 Å². The molecule has 66 valence electrons. The van der Waals surface area contributed by atoms with E-state index in [9.17, 15) is 4.79 Å². The van der Waals surface area contributed by atoms with Crippen molar-refractivity contribution in [2.24, 2.45) is 0 Å². The van der Waals surface area contributed by atoms with Crippen molar-refractivity contribution < 1.29 is 4.79 Å². The number of alkyl halides is 1. The van der Waals surface area contributed by atoms with E-state index in [1.807, 2.05) is 18.4 Å². The van der Waals surface area contributed by atoms with Crippen molar-refractivity contribution in [1.82, 2.24) is 0 Å². The average molecular weight is 203 g/mol. The van der Waals surface area contributed by atoms with E-state index in [0.717, 1.165) is 12.0 Å². The number of aryl methyl sites for hydroxylation is 1. The van der Waals surface area contributed by atoms with Crippen LogP contribution in [0.4, 0.5) is 0 Å².